The maximum absolute atomic E-state index is 13.4. The molecule has 3 rings (SSSR count). The molecule has 0 saturated heterocycles. The number of nitrogens with one attached hydrogen (secondary N) is 1. The molecule has 2 aromatic carbocycles. The summed E-state index contributed by atoms with van der Waals surface area (Å²) >= 11 is 1.69. The number of hydrogen-bond donors (Lipinski definition) is 1. The van der Waals surface area contributed by atoms with Gasteiger partial charge in [0.25, 0.3) is 0 Å². The molecule has 1 N–H and O–H groups in total. The lowest BCUT2D eigenvalue weighted by molar-refractivity contribution is 0.552. The summed E-state index contributed by atoms with van der Waals surface area (Å²) in [7, 11) is 1.81. The first-order valence-electron chi connectivity index (χ1n) is 6.76. The standard InChI is InChI=1S/C17H15F2NS/c1-20-16(11-6-13(18)9-14(19)7-11)8-12-10-21-17-5-3-2-4-15(12)17/h2-7,9-10,16,20H,8H2,1H3. The van der Waals surface area contributed by atoms with Gasteiger partial charge < -0.3 is 5.32 Å². The highest BCUT2D eigenvalue weighted by Gasteiger charge is 2.15. The lowest BCUT2D eigenvalue weighted by Gasteiger charge is -2.16. The highest BCUT2D eigenvalue weighted by atomic mass is 32.1. The van der Waals surface area contributed by atoms with Crippen LogP contribution in [-0.2, 0) is 6.42 Å². The normalized spacial score (nSPS) is 12.7. The van der Waals surface area contributed by atoms with Crippen LogP contribution in [0.25, 0.3) is 10.1 Å². The summed E-state index contributed by atoms with van der Waals surface area (Å²) in [5, 5.41) is 6.47. The Morgan fingerprint density at radius 1 is 1.10 bits per heavy atom. The largest absolute Gasteiger partial charge is 0.313 e. The molecule has 1 heterocycles. The Bertz CT molecular complexity index is 746. The van der Waals surface area contributed by atoms with E-state index in [1.54, 1.807) is 11.3 Å². The van der Waals surface area contributed by atoms with Gasteiger partial charge >= 0.3 is 0 Å². The van der Waals surface area contributed by atoms with Crippen molar-refractivity contribution in [2.24, 2.45) is 0 Å². The molecular weight excluding hydrogens is 288 g/mol. The van der Waals surface area contributed by atoms with Crippen LogP contribution < -0.4 is 5.32 Å². The summed E-state index contributed by atoms with van der Waals surface area (Å²) in [6.45, 7) is 0. The van der Waals surface area contributed by atoms with E-state index in [1.807, 2.05) is 19.2 Å². The predicted molar refractivity (Wildman–Crippen MR) is 83.7 cm³/mol. The van der Waals surface area contributed by atoms with Gasteiger partial charge in [0.05, 0.1) is 0 Å². The van der Waals surface area contributed by atoms with Crippen molar-refractivity contribution in [3.8, 4) is 0 Å². The second kappa shape index (κ2) is 5.92. The van der Waals surface area contributed by atoms with Crippen LogP contribution in [0.1, 0.15) is 17.2 Å². The SMILES string of the molecule is CNC(Cc1csc2ccccc12)c1cc(F)cc(F)c1. The van der Waals surface area contributed by atoms with Gasteiger partial charge in [0.1, 0.15) is 11.6 Å². The molecule has 0 radical (unpaired) electrons. The molecule has 0 aliphatic carbocycles. The maximum Gasteiger partial charge on any atom is 0.126 e. The fourth-order valence-corrected chi connectivity index (χ4v) is 3.55. The number of rotatable bonds is 4. The monoisotopic (exact) mass is 303 g/mol. The van der Waals surface area contributed by atoms with E-state index < -0.39 is 11.6 Å². The molecule has 0 aliphatic rings. The number of benzene rings is 2. The number of hydrogen-bond acceptors (Lipinski definition) is 2. The van der Waals surface area contributed by atoms with Crippen LogP contribution in [-0.4, -0.2) is 7.05 Å². The van der Waals surface area contributed by atoms with E-state index in [0.717, 1.165) is 6.07 Å². The third-order valence-electron chi connectivity index (χ3n) is 3.62. The molecule has 0 spiro atoms. The van der Waals surface area contributed by atoms with Gasteiger partial charge in [-0.05, 0) is 53.6 Å². The number of halogens is 2. The van der Waals surface area contributed by atoms with Crippen LogP contribution in [0.4, 0.5) is 8.78 Å². The maximum atomic E-state index is 13.4. The van der Waals surface area contributed by atoms with Crippen molar-refractivity contribution in [3.05, 3.63) is 70.6 Å². The molecule has 1 unspecified atom stereocenters. The van der Waals surface area contributed by atoms with Gasteiger partial charge in [-0.1, -0.05) is 18.2 Å². The zero-order valence-electron chi connectivity index (χ0n) is 11.6. The third kappa shape index (κ3) is 2.96. The molecule has 1 atom stereocenters. The summed E-state index contributed by atoms with van der Waals surface area (Å²) < 4.78 is 28.0. The van der Waals surface area contributed by atoms with Crippen LogP contribution in [0.3, 0.4) is 0 Å². The topological polar surface area (TPSA) is 12.0 Å². The van der Waals surface area contributed by atoms with Crippen LogP contribution in [0.2, 0.25) is 0 Å². The smallest absolute Gasteiger partial charge is 0.126 e. The summed E-state index contributed by atoms with van der Waals surface area (Å²) in [6.07, 6.45) is 0.698. The van der Waals surface area contributed by atoms with E-state index in [-0.39, 0.29) is 6.04 Å². The van der Waals surface area contributed by atoms with Gasteiger partial charge in [0.15, 0.2) is 0 Å². The highest BCUT2D eigenvalue weighted by molar-refractivity contribution is 7.17. The van der Waals surface area contributed by atoms with E-state index in [9.17, 15) is 8.78 Å². The second-order valence-electron chi connectivity index (χ2n) is 5.01. The van der Waals surface area contributed by atoms with E-state index in [1.165, 1.54) is 27.8 Å². The Hall–Kier alpha value is -1.78. The van der Waals surface area contributed by atoms with Crippen molar-refractivity contribution in [2.45, 2.75) is 12.5 Å². The molecule has 0 aliphatic heterocycles. The van der Waals surface area contributed by atoms with Crippen molar-refractivity contribution in [3.63, 3.8) is 0 Å². The van der Waals surface area contributed by atoms with Crippen molar-refractivity contribution < 1.29 is 8.78 Å². The molecule has 3 aromatic rings. The molecule has 1 aromatic heterocycles. The first-order chi connectivity index (χ1) is 10.2. The Morgan fingerprint density at radius 2 is 1.81 bits per heavy atom. The summed E-state index contributed by atoms with van der Waals surface area (Å²) in [6, 6.07) is 11.7. The van der Waals surface area contributed by atoms with Crippen LogP contribution >= 0.6 is 11.3 Å². The van der Waals surface area contributed by atoms with Gasteiger partial charge in [-0.3, -0.25) is 0 Å². The van der Waals surface area contributed by atoms with E-state index in [4.69, 9.17) is 0 Å². The van der Waals surface area contributed by atoms with Crippen LogP contribution in [0.5, 0.6) is 0 Å². The van der Waals surface area contributed by atoms with Crippen molar-refractivity contribution in [1.82, 2.24) is 5.32 Å². The molecule has 0 saturated carbocycles. The van der Waals surface area contributed by atoms with Crippen LogP contribution in [0, 0.1) is 11.6 Å². The Balaban J connectivity index is 1.94. The fraction of sp³-hybridized carbons (Fsp3) is 0.176. The van der Waals surface area contributed by atoms with Gasteiger partial charge in [-0.15, -0.1) is 11.3 Å². The Morgan fingerprint density at radius 3 is 2.52 bits per heavy atom. The van der Waals surface area contributed by atoms with Gasteiger partial charge in [-0.25, -0.2) is 8.78 Å². The van der Waals surface area contributed by atoms with Crippen LogP contribution in [0.15, 0.2) is 47.8 Å². The van der Waals surface area contributed by atoms with Crippen molar-refractivity contribution in [1.29, 1.82) is 0 Å². The Labute approximate surface area is 126 Å². The first kappa shape index (κ1) is 14.2. The summed E-state index contributed by atoms with van der Waals surface area (Å²) in [4.78, 5) is 0. The van der Waals surface area contributed by atoms with E-state index in [2.05, 4.69) is 22.8 Å². The molecular formula is C17H15F2NS. The highest BCUT2D eigenvalue weighted by Crippen LogP contribution is 2.29. The zero-order chi connectivity index (χ0) is 14.8. The number of likely N-dealkylation sites (N-methyl/N-ethyl adjacent to an activating group) is 1. The average Bonchev–Trinajstić information content (AvgIpc) is 2.87. The molecule has 0 amide bonds. The molecule has 0 bridgehead atoms. The van der Waals surface area contributed by atoms with Gasteiger partial charge in [0.2, 0.25) is 0 Å². The minimum Gasteiger partial charge on any atom is -0.313 e. The third-order valence-corrected chi connectivity index (χ3v) is 4.63. The van der Waals surface area contributed by atoms with Gasteiger partial charge in [0, 0.05) is 16.8 Å². The van der Waals surface area contributed by atoms with E-state index in [0.29, 0.717) is 12.0 Å². The lowest BCUT2D eigenvalue weighted by Crippen LogP contribution is -2.19. The second-order valence-corrected chi connectivity index (χ2v) is 5.92. The fourth-order valence-electron chi connectivity index (χ4n) is 2.57. The Kier molecular flexibility index (Phi) is 3.99. The zero-order valence-corrected chi connectivity index (χ0v) is 12.4. The summed E-state index contributed by atoms with van der Waals surface area (Å²) in [5.74, 6) is -1.08. The van der Waals surface area contributed by atoms with Gasteiger partial charge in [-0.2, -0.15) is 0 Å². The quantitative estimate of drug-likeness (QED) is 0.738. The summed E-state index contributed by atoms with van der Waals surface area (Å²) in [5.41, 5.74) is 1.82. The minimum atomic E-state index is -0.541. The van der Waals surface area contributed by atoms with Crippen molar-refractivity contribution >= 4 is 21.4 Å². The molecule has 108 valence electrons. The van der Waals surface area contributed by atoms with E-state index >= 15 is 0 Å². The lowest BCUT2D eigenvalue weighted by atomic mass is 9.98. The minimum absolute atomic E-state index is 0.117. The molecule has 21 heavy (non-hydrogen) atoms. The average molecular weight is 303 g/mol. The van der Waals surface area contributed by atoms with Crippen molar-refractivity contribution in [2.75, 3.05) is 7.05 Å². The number of thiophene rings is 1. The number of fused-ring (bicyclic) bond motifs is 1. The molecule has 4 heteroatoms. The first-order valence-corrected chi connectivity index (χ1v) is 7.63. The molecule has 1 nitrogen and oxygen atoms in total. The molecule has 0 fully saturated rings. The predicted octanol–water partition coefficient (Wildman–Crippen LogP) is 4.68.